The summed E-state index contributed by atoms with van der Waals surface area (Å²) in [5.74, 6) is -1.24. The van der Waals surface area contributed by atoms with E-state index >= 15 is 0 Å². The molecule has 1 aromatic heterocycles. The van der Waals surface area contributed by atoms with Gasteiger partial charge in [-0.05, 0) is 30.7 Å². The van der Waals surface area contributed by atoms with Crippen LogP contribution in [0.3, 0.4) is 0 Å². The van der Waals surface area contributed by atoms with Crippen molar-refractivity contribution in [3.63, 3.8) is 0 Å². The number of aryl methyl sites for hydroxylation is 1. The summed E-state index contributed by atoms with van der Waals surface area (Å²) in [6, 6.07) is 5.95. The lowest BCUT2D eigenvalue weighted by Gasteiger charge is -2.09. The monoisotopic (exact) mass is 314 g/mol. The molecule has 0 saturated carbocycles. The van der Waals surface area contributed by atoms with Crippen molar-refractivity contribution in [1.29, 1.82) is 0 Å². The molecule has 0 unspecified atom stereocenters. The number of carbonyl (C=O) groups is 1. The third-order valence-corrected chi connectivity index (χ3v) is 4.24. The molecular formula is C12H11ClN2O4S. The van der Waals surface area contributed by atoms with Gasteiger partial charge in [-0.3, -0.25) is 4.72 Å². The maximum Gasteiger partial charge on any atom is 0.352 e. The van der Waals surface area contributed by atoms with Gasteiger partial charge < -0.3 is 10.1 Å². The molecule has 0 aliphatic rings. The Morgan fingerprint density at radius 2 is 2.05 bits per heavy atom. The largest absolute Gasteiger partial charge is 0.477 e. The molecule has 2 aromatic rings. The lowest BCUT2D eigenvalue weighted by atomic mass is 10.2. The lowest BCUT2D eigenvalue weighted by molar-refractivity contribution is 0.0691. The van der Waals surface area contributed by atoms with Gasteiger partial charge >= 0.3 is 5.97 Å². The fourth-order valence-electron chi connectivity index (χ4n) is 1.57. The van der Waals surface area contributed by atoms with Gasteiger partial charge in [-0.2, -0.15) is 0 Å². The summed E-state index contributed by atoms with van der Waals surface area (Å²) < 4.78 is 26.6. The second-order valence-electron chi connectivity index (χ2n) is 4.14. The molecule has 6 nitrogen and oxygen atoms in total. The first-order chi connectivity index (χ1) is 9.29. The third-order valence-electron chi connectivity index (χ3n) is 2.56. The molecule has 106 valence electrons. The van der Waals surface area contributed by atoms with E-state index in [0.717, 1.165) is 17.8 Å². The van der Waals surface area contributed by atoms with Crippen LogP contribution in [0.2, 0.25) is 5.02 Å². The smallest absolute Gasteiger partial charge is 0.352 e. The van der Waals surface area contributed by atoms with Crippen LogP contribution < -0.4 is 4.72 Å². The number of benzene rings is 1. The first-order valence-corrected chi connectivity index (χ1v) is 7.36. The summed E-state index contributed by atoms with van der Waals surface area (Å²) in [7, 11) is -3.89. The maximum atomic E-state index is 12.1. The zero-order valence-electron chi connectivity index (χ0n) is 10.3. The molecule has 0 saturated heterocycles. The van der Waals surface area contributed by atoms with Crippen LogP contribution in [0.25, 0.3) is 0 Å². The average molecular weight is 315 g/mol. The van der Waals surface area contributed by atoms with Crippen LogP contribution in [-0.4, -0.2) is 24.5 Å². The number of aromatic nitrogens is 1. The number of halogens is 1. The predicted octanol–water partition coefficient (Wildman–Crippen LogP) is 2.48. The molecule has 0 fully saturated rings. The lowest BCUT2D eigenvalue weighted by Crippen LogP contribution is -2.12. The fourth-order valence-corrected chi connectivity index (χ4v) is 2.86. The minimum Gasteiger partial charge on any atom is -0.477 e. The Hall–Kier alpha value is -1.99. The molecular weight excluding hydrogens is 304 g/mol. The van der Waals surface area contributed by atoms with E-state index in [0.29, 0.717) is 0 Å². The highest BCUT2D eigenvalue weighted by atomic mass is 35.5. The molecule has 0 aliphatic heterocycles. The predicted molar refractivity (Wildman–Crippen MR) is 74.7 cm³/mol. The SMILES string of the molecule is Cc1ccc(Cl)c(NS(=O)(=O)c2c[nH]c(C(=O)O)c2)c1. The summed E-state index contributed by atoms with van der Waals surface area (Å²) >= 11 is 5.92. The van der Waals surface area contributed by atoms with Gasteiger partial charge in [-0.25, -0.2) is 13.2 Å². The van der Waals surface area contributed by atoms with Crippen molar-refractivity contribution in [2.24, 2.45) is 0 Å². The quantitative estimate of drug-likeness (QED) is 0.807. The maximum absolute atomic E-state index is 12.1. The molecule has 1 heterocycles. The van der Waals surface area contributed by atoms with Gasteiger partial charge in [0.15, 0.2) is 0 Å². The molecule has 0 atom stereocenters. The topological polar surface area (TPSA) is 99.3 Å². The molecule has 3 N–H and O–H groups in total. The molecule has 0 bridgehead atoms. The van der Waals surface area contributed by atoms with Crippen molar-refractivity contribution in [1.82, 2.24) is 4.98 Å². The van der Waals surface area contributed by atoms with Gasteiger partial charge in [-0.1, -0.05) is 17.7 Å². The van der Waals surface area contributed by atoms with Crippen LogP contribution in [0, 0.1) is 6.92 Å². The molecule has 0 amide bonds. The van der Waals surface area contributed by atoms with E-state index in [4.69, 9.17) is 16.7 Å². The Kier molecular flexibility index (Phi) is 3.74. The minimum absolute atomic E-state index is 0.174. The van der Waals surface area contributed by atoms with Crippen molar-refractivity contribution in [2.45, 2.75) is 11.8 Å². The van der Waals surface area contributed by atoms with Crippen LogP contribution >= 0.6 is 11.6 Å². The number of hydrogen-bond acceptors (Lipinski definition) is 3. The highest BCUT2D eigenvalue weighted by Crippen LogP contribution is 2.25. The molecule has 2 rings (SSSR count). The fraction of sp³-hybridized carbons (Fsp3) is 0.0833. The number of H-pyrrole nitrogens is 1. The zero-order chi connectivity index (χ0) is 14.9. The van der Waals surface area contributed by atoms with Gasteiger partial charge in [0.2, 0.25) is 0 Å². The van der Waals surface area contributed by atoms with E-state index in [1.807, 2.05) is 0 Å². The molecule has 1 aromatic carbocycles. The van der Waals surface area contributed by atoms with E-state index < -0.39 is 16.0 Å². The summed E-state index contributed by atoms with van der Waals surface area (Å²) in [6.45, 7) is 1.80. The highest BCUT2D eigenvalue weighted by Gasteiger charge is 2.19. The number of aromatic amines is 1. The van der Waals surface area contributed by atoms with Gasteiger partial charge in [0.25, 0.3) is 10.0 Å². The summed E-state index contributed by atoms with van der Waals surface area (Å²) in [5, 5.41) is 9.02. The average Bonchev–Trinajstić information content (AvgIpc) is 2.84. The number of anilines is 1. The van der Waals surface area contributed by atoms with Gasteiger partial charge in [-0.15, -0.1) is 0 Å². The summed E-state index contributed by atoms with van der Waals surface area (Å²) in [5.41, 5.74) is 0.873. The minimum atomic E-state index is -3.89. The van der Waals surface area contributed by atoms with E-state index in [-0.39, 0.29) is 21.3 Å². The third kappa shape index (κ3) is 2.94. The summed E-state index contributed by atoms with van der Waals surface area (Å²) in [6.07, 6.45) is 1.11. The van der Waals surface area contributed by atoms with Crippen molar-refractivity contribution in [3.8, 4) is 0 Å². The second-order valence-corrected chi connectivity index (χ2v) is 6.23. The van der Waals surface area contributed by atoms with Crippen molar-refractivity contribution >= 4 is 33.3 Å². The molecule has 8 heteroatoms. The van der Waals surface area contributed by atoms with Gasteiger partial charge in [0.05, 0.1) is 10.7 Å². The number of carboxylic acid groups (broad SMARTS) is 1. The van der Waals surface area contributed by atoms with E-state index in [1.165, 1.54) is 0 Å². The molecule has 0 spiro atoms. The van der Waals surface area contributed by atoms with Crippen LogP contribution in [0.5, 0.6) is 0 Å². The Balaban J connectivity index is 2.35. The van der Waals surface area contributed by atoms with Crippen LogP contribution in [0.4, 0.5) is 5.69 Å². The van der Waals surface area contributed by atoms with Crippen LogP contribution in [-0.2, 0) is 10.0 Å². The Morgan fingerprint density at radius 1 is 1.35 bits per heavy atom. The number of aromatic carboxylic acids is 1. The van der Waals surface area contributed by atoms with Gasteiger partial charge in [0, 0.05) is 6.20 Å². The van der Waals surface area contributed by atoms with Crippen LogP contribution in [0.15, 0.2) is 35.4 Å². The zero-order valence-corrected chi connectivity index (χ0v) is 11.9. The number of nitrogens with one attached hydrogen (secondary N) is 2. The molecule has 0 radical (unpaired) electrons. The number of rotatable bonds is 4. The van der Waals surface area contributed by atoms with Crippen LogP contribution in [0.1, 0.15) is 16.1 Å². The summed E-state index contributed by atoms with van der Waals surface area (Å²) in [4.78, 5) is 12.9. The number of hydrogen-bond donors (Lipinski definition) is 3. The highest BCUT2D eigenvalue weighted by molar-refractivity contribution is 7.92. The first kappa shape index (κ1) is 14.4. The number of sulfonamides is 1. The van der Waals surface area contributed by atoms with Crippen molar-refractivity contribution in [2.75, 3.05) is 4.72 Å². The Bertz CT molecular complexity index is 768. The Morgan fingerprint density at radius 3 is 2.65 bits per heavy atom. The van der Waals surface area contributed by atoms with E-state index in [9.17, 15) is 13.2 Å². The van der Waals surface area contributed by atoms with E-state index in [1.54, 1.807) is 25.1 Å². The molecule has 0 aliphatic carbocycles. The van der Waals surface area contributed by atoms with E-state index in [2.05, 4.69) is 9.71 Å². The standard InChI is InChI=1S/C12H11ClN2O4S/c1-7-2-3-9(13)10(4-7)15-20(18,19)8-5-11(12(16)17)14-6-8/h2-6,14-15H,1H3,(H,16,17). The number of carboxylic acids is 1. The van der Waals surface area contributed by atoms with Crippen molar-refractivity contribution in [3.05, 3.63) is 46.7 Å². The second kappa shape index (κ2) is 5.18. The first-order valence-electron chi connectivity index (χ1n) is 5.50. The van der Waals surface area contributed by atoms with Crippen molar-refractivity contribution < 1.29 is 18.3 Å². The van der Waals surface area contributed by atoms with Gasteiger partial charge in [0.1, 0.15) is 10.6 Å². The molecule has 20 heavy (non-hydrogen) atoms. The normalized spacial score (nSPS) is 11.3. The Labute approximate surface area is 120 Å².